The molecule has 0 aliphatic carbocycles. The van der Waals surface area contributed by atoms with Crippen molar-refractivity contribution in [1.82, 2.24) is 15.3 Å². The summed E-state index contributed by atoms with van der Waals surface area (Å²) in [5.41, 5.74) is 2.47. The predicted molar refractivity (Wildman–Crippen MR) is 119 cm³/mol. The molecule has 0 saturated heterocycles. The van der Waals surface area contributed by atoms with Crippen LogP contribution in [0.4, 0.5) is 0 Å². The van der Waals surface area contributed by atoms with E-state index in [0.29, 0.717) is 25.9 Å². The van der Waals surface area contributed by atoms with Crippen LogP contribution in [0.3, 0.4) is 0 Å². The molecular formula is C25H31N3O2. The molecular weight excluding hydrogens is 374 g/mol. The zero-order valence-corrected chi connectivity index (χ0v) is 18.0. The lowest BCUT2D eigenvalue weighted by Crippen LogP contribution is -2.30. The van der Waals surface area contributed by atoms with E-state index in [1.54, 1.807) is 12.4 Å². The Labute approximate surface area is 178 Å². The summed E-state index contributed by atoms with van der Waals surface area (Å²) in [6, 6.07) is 18.1. The molecule has 0 bridgehead atoms. The normalized spacial score (nSPS) is 12.4. The predicted octanol–water partition coefficient (Wildman–Crippen LogP) is 4.97. The van der Waals surface area contributed by atoms with Crippen molar-refractivity contribution in [2.24, 2.45) is 0 Å². The van der Waals surface area contributed by atoms with Gasteiger partial charge in [0.1, 0.15) is 11.6 Å². The summed E-state index contributed by atoms with van der Waals surface area (Å²) in [5, 5.41) is 3.14. The second-order valence-electron chi connectivity index (χ2n) is 8.50. The average molecular weight is 406 g/mol. The van der Waals surface area contributed by atoms with Crippen LogP contribution in [0.1, 0.15) is 56.6 Å². The first-order valence-electron chi connectivity index (χ1n) is 10.5. The summed E-state index contributed by atoms with van der Waals surface area (Å²) in [6.07, 6.45) is 5.23. The molecule has 2 aromatic carbocycles. The number of aromatic amines is 1. The minimum atomic E-state index is -0.115. The van der Waals surface area contributed by atoms with Crippen molar-refractivity contribution in [3.63, 3.8) is 0 Å². The zero-order valence-electron chi connectivity index (χ0n) is 18.0. The Hall–Kier alpha value is -3.08. The van der Waals surface area contributed by atoms with E-state index < -0.39 is 0 Å². The molecule has 0 radical (unpaired) electrons. The van der Waals surface area contributed by atoms with E-state index >= 15 is 0 Å². The van der Waals surface area contributed by atoms with Gasteiger partial charge in [0, 0.05) is 25.2 Å². The van der Waals surface area contributed by atoms with Gasteiger partial charge in [-0.1, -0.05) is 63.2 Å². The molecule has 1 atom stereocenters. The van der Waals surface area contributed by atoms with Crippen LogP contribution in [0.15, 0.2) is 67.0 Å². The second kappa shape index (κ2) is 10.1. The van der Waals surface area contributed by atoms with Crippen LogP contribution in [-0.4, -0.2) is 22.5 Å². The number of benzene rings is 2. The third kappa shape index (κ3) is 6.48. The van der Waals surface area contributed by atoms with Crippen LogP contribution in [0.2, 0.25) is 0 Å². The molecule has 3 aromatic rings. The van der Waals surface area contributed by atoms with Crippen LogP contribution in [0.25, 0.3) is 0 Å². The summed E-state index contributed by atoms with van der Waals surface area (Å²) in [7, 11) is 0. The van der Waals surface area contributed by atoms with Crippen LogP contribution in [0, 0.1) is 0 Å². The Bertz CT molecular complexity index is 898. The maximum absolute atomic E-state index is 12.5. The molecule has 5 nitrogen and oxygen atoms in total. The fourth-order valence-electron chi connectivity index (χ4n) is 3.28. The van der Waals surface area contributed by atoms with Crippen LogP contribution in [0.5, 0.6) is 5.75 Å². The number of imidazole rings is 1. The molecule has 0 saturated carbocycles. The summed E-state index contributed by atoms with van der Waals surface area (Å²) >= 11 is 0. The van der Waals surface area contributed by atoms with Crippen LogP contribution < -0.4 is 10.1 Å². The standard InChI is InChI=1S/C25H31N3O2/c1-25(2,3)20-11-13-21(14-12-20)30-17-7-10-24(29)28-22(18-23-26-15-16-27-23)19-8-5-4-6-9-19/h4-6,8-9,11-16,22H,7,10,17-18H2,1-3H3,(H,26,27)(H,28,29)/t22-/m1/s1. The van der Waals surface area contributed by atoms with E-state index in [4.69, 9.17) is 4.74 Å². The Morgan fingerprint density at radius 2 is 1.83 bits per heavy atom. The van der Waals surface area contributed by atoms with E-state index in [-0.39, 0.29) is 17.4 Å². The highest BCUT2D eigenvalue weighted by Crippen LogP contribution is 2.24. The molecule has 1 aromatic heterocycles. The van der Waals surface area contributed by atoms with Crippen molar-refractivity contribution < 1.29 is 9.53 Å². The Balaban J connectivity index is 1.47. The van der Waals surface area contributed by atoms with Crippen molar-refractivity contribution in [2.75, 3.05) is 6.61 Å². The first-order chi connectivity index (χ1) is 14.4. The quantitative estimate of drug-likeness (QED) is 0.494. The number of amides is 1. The van der Waals surface area contributed by atoms with E-state index in [9.17, 15) is 4.79 Å². The van der Waals surface area contributed by atoms with Crippen molar-refractivity contribution in [3.8, 4) is 5.75 Å². The van der Waals surface area contributed by atoms with Crippen molar-refractivity contribution in [1.29, 1.82) is 0 Å². The van der Waals surface area contributed by atoms with Gasteiger partial charge in [0.2, 0.25) is 5.91 Å². The lowest BCUT2D eigenvalue weighted by atomic mass is 9.87. The van der Waals surface area contributed by atoms with Gasteiger partial charge in [-0.05, 0) is 35.1 Å². The topological polar surface area (TPSA) is 67.0 Å². The minimum Gasteiger partial charge on any atom is -0.494 e. The highest BCUT2D eigenvalue weighted by molar-refractivity contribution is 5.76. The molecule has 158 valence electrons. The van der Waals surface area contributed by atoms with Crippen LogP contribution in [-0.2, 0) is 16.6 Å². The number of nitrogens with one attached hydrogen (secondary N) is 2. The monoisotopic (exact) mass is 405 g/mol. The largest absolute Gasteiger partial charge is 0.494 e. The Morgan fingerprint density at radius 1 is 1.10 bits per heavy atom. The van der Waals surface area contributed by atoms with E-state index in [1.807, 2.05) is 42.5 Å². The first-order valence-corrected chi connectivity index (χ1v) is 10.5. The molecule has 5 heteroatoms. The SMILES string of the molecule is CC(C)(C)c1ccc(OCCCC(=O)N[C@H](Cc2ncc[nH]2)c2ccccc2)cc1. The van der Waals surface area contributed by atoms with Crippen molar-refractivity contribution >= 4 is 5.91 Å². The van der Waals surface area contributed by atoms with E-state index in [2.05, 4.69) is 48.2 Å². The van der Waals surface area contributed by atoms with Gasteiger partial charge in [-0.25, -0.2) is 4.98 Å². The van der Waals surface area contributed by atoms with Gasteiger partial charge < -0.3 is 15.0 Å². The molecule has 1 amide bonds. The molecule has 0 fully saturated rings. The third-order valence-corrected chi connectivity index (χ3v) is 5.03. The summed E-state index contributed by atoms with van der Waals surface area (Å²) in [6.45, 7) is 7.08. The molecule has 0 aliphatic heterocycles. The van der Waals surface area contributed by atoms with Gasteiger partial charge in [0.05, 0.1) is 12.6 Å². The van der Waals surface area contributed by atoms with Gasteiger partial charge in [0.15, 0.2) is 0 Å². The maximum atomic E-state index is 12.5. The number of carbonyl (C=O) groups is 1. The zero-order chi connectivity index (χ0) is 21.4. The van der Waals surface area contributed by atoms with Gasteiger partial charge >= 0.3 is 0 Å². The summed E-state index contributed by atoms with van der Waals surface area (Å²) in [4.78, 5) is 19.9. The Morgan fingerprint density at radius 3 is 2.47 bits per heavy atom. The highest BCUT2D eigenvalue weighted by atomic mass is 16.5. The molecule has 0 spiro atoms. The lowest BCUT2D eigenvalue weighted by molar-refractivity contribution is -0.122. The molecule has 30 heavy (non-hydrogen) atoms. The molecule has 1 heterocycles. The fraction of sp³-hybridized carbons (Fsp3) is 0.360. The number of rotatable bonds is 9. The van der Waals surface area contributed by atoms with Gasteiger partial charge in [0.25, 0.3) is 0 Å². The highest BCUT2D eigenvalue weighted by Gasteiger charge is 2.16. The Kier molecular flexibility index (Phi) is 7.28. The third-order valence-electron chi connectivity index (χ3n) is 5.03. The molecule has 0 aliphatic rings. The van der Waals surface area contributed by atoms with E-state index in [1.165, 1.54) is 5.56 Å². The van der Waals surface area contributed by atoms with Gasteiger partial charge in [-0.2, -0.15) is 0 Å². The van der Waals surface area contributed by atoms with Crippen LogP contribution >= 0.6 is 0 Å². The smallest absolute Gasteiger partial charge is 0.220 e. The van der Waals surface area contributed by atoms with Gasteiger partial charge in [-0.3, -0.25) is 4.79 Å². The lowest BCUT2D eigenvalue weighted by Gasteiger charge is -2.19. The molecule has 2 N–H and O–H groups in total. The minimum absolute atomic E-state index is 0.0158. The number of nitrogens with zero attached hydrogens (tertiary/aromatic N) is 1. The summed E-state index contributed by atoms with van der Waals surface area (Å²) < 4.78 is 5.80. The average Bonchev–Trinajstić information content (AvgIpc) is 3.24. The number of ether oxygens (including phenoxy) is 1. The molecule has 0 unspecified atom stereocenters. The van der Waals surface area contributed by atoms with Crippen molar-refractivity contribution in [3.05, 3.63) is 83.9 Å². The number of carbonyl (C=O) groups excluding carboxylic acids is 1. The summed E-state index contributed by atoms with van der Waals surface area (Å²) in [5.74, 6) is 1.71. The van der Waals surface area contributed by atoms with Gasteiger partial charge in [-0.15, -0.1) is 0 Å². The number of hydrogen-bond acceptors (Lipinski definition) is 3. The second-order valence-corrected chi connectivity index (χ2v) is 8.50. The number of H-pyrrole nitrogens is 1. The number of hydrogen-bond donors (Lipinski definition) is 2. The van der Waals surface area contributed by atoms with Crippen molar-refractivity contribution in [2.45, 2.75) is 51.5 Å². The van der Waals surface area contributed by atoms with E-state index in [0.717, 1.165) is 17.1 Å². The fourth-order valence-corrected chi connectivity index (χ4v) is 3.28. The maximum Gasteiger partial charge on any atom is 0.220 e. The number of aromatic nitrogens is 2. The first kappa shape index (κ1) is 21.6. The molecule has 3 rings (SSSR count).